The number of likely N-dealkylation sites (N-methyl/N-ethyl adjacent to an activating group) is 1. The second-order valence-electron chi connectivity index (χ2n) is 9.18. The lowest BCUT2D eigenvalue weighted by atomic mass is 9.89. The zero-order valence-corrected chi connectivity index (χ0v) is 19.0. The number of rotatable bonds is 4. The molecule has 3 heterocycles. The molecule has 1 aliphatic carbocycles. The van der Waals surface area contributed by atoms with Gasteiger partial charge in [-0.05, 0) is 44.9 Å². The highest BCUT2D eigenvalue weighted by Gasteiger charge is 2.33. The zero-order chi connectivity index (χ0) is 22.2. The minimum absolute atomic E-state index is 0.350. The fraction of sp³-hybridized carbons (Fsp3) is 0.565. The van der Waals surface area contributed by atoms with E-state index < -0.39 is 6.17 Å². The highest BCUT2D eigenvalue weighted by Crippen LogP contribution is 2.41. The summed E-state index contributed by atoms with van der Waals surface area (Å²) in [6, 6.07) is 6.79. The van der Waals surface area contributed by atoms with Crippen molar-refractivity contribution in [2.75, 3.05) is 51.4 Å². The van der Waals surface area contributed by atoms with Crippen molar-refractivity contribution in [1.82, 2.24) is 19.6 Å². The molecule has 1 aromatic carbocycles. The van der Waals surface area contributed by atoms with Gasteiger partial charge in [0.05, 0.1) is 30.7 Å². The normalized spacial score (nSPS) is 26.5. The van der Waals surface area contributed by atoms with Gasteiger partial charge < -0.3 is 26.4 Å². The Labute approximate surface area is 189 Å². The molecule has 0 radical (unpaired) electrons. The van der Waals surface area contributed by atoms with Crippen molar-refractivity contribution in [2.24, 2.45) is 10.7 Å². The summed E-state index contributed by atoms with van der Waals surface area (Å²) < 4.78 is 7.59. The summed E-state index contributed by atoms with van der Waals surface area (Å²) in [5.41, 5.74) is 15.7. The number of ether oxygens (including phenoxy) is 1. The van der Waals surface area contributed by atoms with Gasteiger partial charge >= 0.3 is 0 Å². The van der Waals surface area contributed by atoms with Crippen molar-refractivity contribution in [3.63, 3.8) is 0 Å². The molecule has 2 fully saturated rings. The Hall–Kier alpha value is -2.62. The van der Waals surface area contributed by atoms with E-state index in [1.54, 1.807) is 13.4 Å². The smallest absolute Gasteiger partial charge is 0.142 e. The summed E-state index contributed by atoms with van der Waals surface area (Å²) in [5, 5.41) is 8.39. The molecule has 1 saturated heterocycles. The van der Waals surface area contributed by atoms with Gasteiger partial charge in [-0.25, -0.2) is 4.68 Å². The van der Waals surface area contributed by atoms with Gasteiger partial charge in [-0.3, -0.25) is 9.89 Å². The third-order valence-corrected chi connectivity index (χ3v) is 7.25. The van der Waals surface area contributed by atoms with Gasteiger partial charge in [0.1, 0.15) is 23.4 Å². The van der Waals surface area contributed by atoms with Crippen LogP contribution < -0.4 is 21.5 Å². The first-order valence-corrected chi connectivity index (χ1v) is 11.6. The minimum Gasteiger partial charge on any atom is -0.495 e. The number of hydrogen-bond acceptors (Lipinski definition) is 8. The van der Waals surface area contributed by atoms with E-state index in [0.717, 1.165) is 35.5 Å². The number of methoxy groups -OCH3 is 1. The molecule has 5 rings (SSSR count). The predicted molar refractivity (Wildman–Crippen MR) is 128 cm³/mol. The van der Waals surface area contributed by atoms with Crippen molar-refractivity contribution < 1.29 is 4.74 Å². The van der Waals surface area contributed by atoms with Crippen LogP contribution in [0.15, 0.2) is 23.2 Å². The molecule has 2 aromatic rings. The second kappa shape index (κ2) is 8.73. The second-order valence-corrected chi connectivity index (χ2v) is 9.18. The summed E-state index contributed by atoms with van der Waals surface area (Å²) in [6.07, 6.45) is 5.88. The molecule has 9 nitrogen and oxygen atoms in total. The first kappa shape index (κ1) is 21.2. The molecule has 3 aliphatic rings. The first-order valence-electron chi connectivity index (χ1n) is 11.6. The Morgan fingerprint density at radius 1 is 1.06 bits per heavy atom. The summed E-state index contributed by atoms with van der Waals surface area (Å²) in [6.45, 7) is 4.70. The van der Waals surface area contributed by atoms with Gasteiger partial charge in [-0.1, -0.05) is 6.07 Å². The van der Waals surface area contributed by atoms with E-state index in [1.165, 1.54) is 39.0 Å². The molecule has 0 spiro atoms. The van der Waals surface area contributed by atoms with Gasteiger partial charge in [0.2, 0.25) is 0 Å². The van der Waals surface area contributed by atoms with Crippen LogP contribution in [-0.4, -0.2) is 72.3 Å². The number of hydrogen-bond donors (Lipinski definition) is 3. The highest BCUT2D eigenvalue weighted by molar-refractivity contribution is 5.84. The van der Waals surface area contributed by atoms with Crippen molar-refractivity contribution in [2.45, 2.75) is 43.9 Å². The van der Waals surface area contributed by atoms with Crippen LogP contribution in [0.4, 0.5) is 11.5 Å². The van der Waals surface area contributed by atoms with Crippen molar-refractivity contribution in [1.29, 1.82) is 0 Å². The summed E-state index contributed by atoms with van der Waals surface area (Å²) in [5.74, 6) is 1.60. The van der Waals surface area contributed by atoms with Gasteiger partial charge in [-0.2, -0.15) is 5.10 Å². The quantitative estimate of drug-likeness (QED) is 0.628. The Morgan fingerprint density at radius 3 is 2.50 bits per heavy atom. The lowest BCUT2D eigenvalue weighted by Gasteiger charge is -2.41. The fourth-order valence-electron chi connectivity index (χ4n) is 5.32. The van der Waals surface area contributed by atoms with Crippen molar-refractivity contribution >= 4 is 17.8 Å². The molecule has 1 aromatic heterocycles. The van der Waals surface area contributed by atoms with Gasteiger partial charge in [0, 0.05) is 37.8 Å². The number of fused-ring (bicyclic) bond motifs is 1. The van der Waals surface area contributed by atoms with E-state index in [2.05, 4.69) is 31.8 Å². The number of nitrogen functional groups attached to an aromatic ring is 1. The molecular formula is C23H34N8O. The number of anilines is 2. The molecule has 172 valence electrons. The molecule has 9 heteroatoms. The number of piperazine rings is 1. The van der Waals surface area contributed by atoms with Gasteiger partial charge in [0.25, 0.3) is 0 Å². The van der Waals surface area contributed by atoms with Crippen molar-refractivity contribution in [3.8, 4) is 17.0 Å². The van der Waals surface area contributed by atoms with Crippen LogP contribution in [0.5, 0.6) is 5.75 Å². The van der Waals surface area contributed by atoms with Crippen LogP contribution in [0.3, 0.4) is 0 Å². The Balaban J connectivity index is 1.40. The molecule has 2 aliphatic heterocycles. The average Bonchev–Trinajstić information content (AvgIpc) is 3.21. The summed E-state index contributed by atoms with van der Waals surface area (Å²) in [4.78, 5) is 9.48. The van der Waals surface area contributed by atoms with E-state index >= 15 is 0 Å². The standard InChI is InChI=1S/C23H34N8O/c1-29-9-11-30(12-10-29)16-4-6-17(7-5-16)31-23-20(22(25)26-14-27-23)21(28-31)15-3-8-18(24)19(13-15)32-2/h3,8,13-14,16-17,22H,4-7,9-12,24-25H2,1-2H3,(H,26,27)/t16-,17-,22?. The van der Waals surface area contributed by atoms with E-state index in [4.69, 9.17) is 21.3 Å². The number of nitrogens with one attached hydrogen (secondary N) is 1. The van der Waals surface area contributed by atoms with Crippen LogP contribution in [0.25, 0.3) is 11.3 Å². The maximum absolute atomic E-state index is 6.40. The van der Waals surface area contributed by atoms with Crippen LogP contribution in [0.2, 0.25) is 0 Å². The molecule has 5 N–H and O–H groups in total. The topological polar surface area (TPSA) is 110 Å². The summed E-state index contributed by atoms with van der Waals surface area (Å²) in [7, 11) is 3.84. The van der Waals surface area contributed by atoms with Gasteiger partial charge in [0.15, 0.2) is 0 Å². The lowest BCUT2D eigenvalue weighted by molar-refractivity contribution is 0.0813. The van der Waals surface area contributed by atoms with Crippen LogP contribution in [0, 0.1) is 0 Å². The van der Waals surface area contributed by atoms with E-state index in [0.29, 0.717) is 23.5 Å². The Bertz CT molecular complexity index is 986. The third-order valence-electron chi connectivity index (χ3n) is 7.25. The molecule has 1 saturated carbocycles. The molecule has 0 amide bonds. The largest absolute Gasteiger partial charge is 0.495 e. The maximum Gasteiger partial charge on any atom is 0.142 e. The first-order chi connectivity index (χ1) is 15.5. The Kier molecular flexibility index (Phi) is 5.79. The van der Waals surface area contributed by atoms with Crippen LogP contribution >= 0.6 is 0 Å². The van der Waals surface area contributed by atoms with Crippen LogP contribution in [-0.2, 0) is 0 Å². The lowest BCUT2D eigenvalue weighted by Crippen LogP contribution is -2.50. The molecule has 1 atom stereocenters. The van der Waals surface area contributed by atoms with E-state index in [-0.39, 0.29) is 0 Å². The van der Waals surface area contributed by atoms with E-state index in [9.17, 15) is 0 Å². The number of benzene rings is 1. The molecular weight excluding hydrogens is 404 g/mol. The number of nitrogens with zero attached hydrogens (tertiary/aromatic N) is 5. The third kappa shape index (κ3) is 3.85. The fourth-order valence-corrected chi connectivity index (χ4v) is 5.32. The van der Waals surface area contributed by atoms with Gasteiger partial charge in [-0.15, -0.1) is 0 Å². The average molecular weight is 439 g/mol. The highest BCUT2D eigenvalue weighted by atomic mass is 16.5. The maximum atomic E-state index is 6.40. The molecule has 32 heavy (non-hydrogen) atoms. The van der Waals surface area contributed by atoms with Crippen LogP contribution in [0.1, 0.15) is 43.5 Å². The number of aliphatic imine (C=N–C) groups is 1. The SMILES string of the molecule is COc1cc(-c2nn([C@H]3CC[C@H](N4CCN(C)CC4)CC3)c3c2C(N)N=CN3)ccc1N. The molecule has 1 unspecified atom stereocenters. The minimum atomic E-state index is -0.444. The number of aromatic nitrogens is 2. The zero-order valence-electron chi connectivity index (χ0n) is 19.0. The predicted octanol–water partition coefficient (Wildman–Crippen LogP) is 2.28. The molecule has 0 bridgehead atoms. The summed E-state index contributed by atoms with van der Waals surface area (Å²) >= 11 is 0. The number of nitrogens with two attached hydrogens (primary N) is 2. The van der Waals surface area contributed by atoms with Crippen molar-refractivity contribution in [3.05, 3.63) is 23.8 Å². The Morgan fingerprint density at radius 2 is 1.78 bits per heavy atom. The monoisotopic (exact) mass is 438 g/mol. The van der Waals surface area contributed by atoms with E-state index in [1.807, 2.05) is 18.2 Å².